The van der Waals surface area contributed by atoms with Crippen molar-refractivity contribution in [1.82, 2.24) is 4.98 Å². The Morgan fingerprint density at radius 1 is 1.23 bits per heavy atom. The quantitative estimate of drug-likeness (QED) is 0.575. The number of carbonyl (C=O) groups excluding carboxylic acids is 1. The van der Waals surface area contributed by atoms with Crippen LogP contribution in [0.1, 0.15) is 24.5 Å². The predicted octanol–water partition coefficient (Wildman–Crippen LogP) is 4.20. The molecule has 0 unspecified atom stereocenters. The minimum atomic E-state index is -3.59. The third-order valence-electron chi connectivity index (χ3n) is 4.83. The summed E-state index contributed by atoms with van der Waals surface area (Å²) in [4.78, 5) is 18.4. The average Bonchev–Trinajstić information content (AvgIpc) is 3.17. The Kier molecular flexibility index (Phi) is 5.97. The summed E-state index contributed by atoms with van der Waals surface area (Å²) in [5.41, 5.74) is 3.87. The Hall–Kier alpha value is -2.91. The molecule has 31 heavy (non-hydrogen) atoms. The molecule has 4 rings (SSSR count). The number of aromatic nitrogens is 1. The van der Waals surface area contributed by atoms with Crippen LogP contribution in [0.25, 0.3) is 11.3 Å². The van der Waals surface area contributed by atoms with Crippen LogP contribution in [0, 0.1) is 6.92 Å². The van der Waals surface area contributed by atoms with E-state index in [9.17, 15) is 13.2 Å². The number of hydrogen-bond acceptors (Lipinski definition) is 6. The Balaban J connectivity index is 1.54. The zero-order valence-corrected chi connectivity index (χ0v) is 18.9. The second-order valence-electron chi connectivity index (χ2n) is 7.40. The summed E-state index contributed by atoms with van der Waals surface area (Å²) < 4.78 is 33.2. The molecular weight excluding hydrogens is 434 g/mol. The third-order valence-corrected chi connectivity index (χ3v) is 6.94. The number of amides is 1. The highest BCUT2D eigenvalue weighted by atomic mass is 32.2. The highest BCUT2D eigenvalue weighted by Crippen LogP contribution is 2.37. The van der Waals surface area contributed by atoms with E-state index in [0.717, 1.165) is 23.1 Å². The van der Waals surface area contributed by atoms with Crippen molar-refractivity contribution in [1.29, 1.82) is 0 Å². The summed E-state index contributed by atoms with van der Waals surface area (Å²) in [6.07, 6.45) is 0.832. The molecule has 9 heteroatoms. The van der Waals surface area contributed by atoms with Crippen molar-refractivity contribution in [2.75, 3.05) is 22.8 Å². The number of sulfonamides is 1. The van der Waals surface area contributed by atoms with E-state index in [1.54, 1.807) is 16.3 Å². The standard InChI is InChI=1S/C22H23N3O4S2/c1-3-9-25-19-11-17(7-8-20(19)29-12-21(25)26)18-13-30-22(23-18)24-31(27,28)14-16-6-4-5-15(2)10-16/h4-8,10-11,13H,3,9,12,14H2,1-2H3,(H,23,24). The van der Waals surface area contributed by atoms with Gasteiger partial charge in [-0.1, -0.05) is 36.8 Å². The molecule has 0 saturated carbocycles. The normalized spacial score (nSPS) is 13.6. The minimum absolute atomic E-state index is 0.0376. The maximum absolute atomic E-state index is 12.6. The van der Waals surface area contributed by atoms with Crippen molar-refractivity contribution in [2.45, 2.75) is 26.0 Å². The molecule has 3 aromatic rings. The van der Waals surface area contributed by atoms with Gasteiger partial charge in [-0.3, -0.25) is 9.52 Å². The number of rotatable bonds is 7. The van der Waals surface area contributed by atoms with Crippen LogP contribution in [0.3, 0.4) is 0 Å². The molecule has 0 spiro atoms. The van der Waals surface area contributed by atoms with E-state index < -0.39 is 10.0 Å². The monoisotopic (exact) mass is 457 g/mol. The SMILES string of the molecule is CCCN1C(=O)COc2ccc(-c3csc(NS(=O)(=O)Cc4cccc(C)c4)n3)cc21. The summed E-state index contributed by atoms with van der Waals surface area (Å²) in [6.45, 7) is 4.59. The van der Waals surface area contributed by atoms with Gasteiger partial charge in [0.2, 0.25) is 10.0 Å². The average molecular weight is 458 g/mol. The lowest BCUT2D eigenvalue weighted by molar-refractivity contribution is -0.121. The van der Waals surface area contributed by atoms with E-state index in [-0.39, 0.29) is 18.3 Å². The summed E-state index contributed by atoms with van der Waals surface area (Å²) in [5, 5.41) is 2.10. The van der Waals surface area contributed by atoms with Gasteiger partial charge in [0.1, 0.15) is 5.75 Å². The van der Waals surface area contributed by atoms with Gasteiger partial charge in [-0.25, -0.2) is 13.4 Å². The molecule has 0 bridgehead atoms. The number of thiazole rings is 1. The largest absolute Gasteiger partial charge is 0.482 e. The molecule has 2 heterocycles. The molecule has 162 valence electrons. The van der Waals surface area contributed by atoms with Gasteiger partial charge in [-0.2, -0.15) is 0 Å². The van der Waals surface area contributed by atoms with Crippen molar-refractivity contribution < 1.29 is 17.9 Å². The first kappa shape index (κ1) is 21.3. The smallest absolute Gasteiger partial charge is 0.265 e. The lowest BCUT2D eigenvalue weighted by atomic mass is 10.1. The van der Waals surface area contributed by atoms with E-state index in [2.05, 4.69) is 9.71 Å². The van der Waals surface area contributed by atoms with Crippen molar-refractivity contribution in [3.05, 3.63) is 59.0 Å². The van der Waals surface area contributed by atoms with Crippen molar-refractivity contribution in [3.63, 3.8) is 0 Å². The maximum Gasteiger partial charge on any atom is 0.265 e. The molecular formula is C22H23N3O4S2. The summed E-state index contributed by atoms with van der Waals surface area (Å²) in [7, 11) is -3.59. The molecule has 0 aliphatic carbocycles. The fraction of sp³-hybridized carbons (Fsp3) is 0.273. The molecule has 1 aliphatic heterocycles. The Labute approximate surface area is 185 Å². The number of nitrogens with one attached hydrogen (secondary N) is 1. The molecule has 0 fully saturated rings. The lowest BCUT2D eigenvalue weighted by Gasteiger charge is -2.29. The van der Waals surface area contributed by atoms with E-state index in [4.69, 9.17) is 4.74 Å². The number of benzene rings is 2. The molecule has 0 radical (unpaired) electrons. The summed E-state index contributed by atoms with van der Waals surface area (Å²) in [6, 6.07) is 13.0. The van der Waals surface area contributed by atoms with E-state index in [1.807, 2.05) is 50.2 Å². The predicted molar refractivity (Wildman–Crippen MR) is 123 cm³/mol. The zero-order valence-electron chi connectivity index (χ0n) is 17.3. The number of anilines is 2. The van der Waals surface area contributed by atoms with E-state index in [1.165, 1.54) is 11.3 Å². The number of aryl methyl sites for hydroxylation is 1. The molecule has 2 aromatic carbocycles. The third kappa shape index (κ3) is 4.88. The second kappa shape index (κ2) is 8.68. The van der Waals surface area contributed by atoms with Gasteiger partial charge in [0.25, 0.3) is 5.91 Å². The van der Waals surface area contributed by atoms with Crippen molar-refractivity contribution in [2.24, 2.45) is 0 Å². The van der Waals surface area contributed by atoms with Gasteiger partial charge in [0, 0.05) is 17.5 Å². The molecule has 1 aliphatic rings. The molecule has 1 N–H and O–H groups in total. The topological polar surface area (TPSA) is 88.6 Å². The fourth-order valence-electron chi connectivity index (χ4n) is 3.47. The first-order valence-corrected chi connectivity index (χ1v) is 12.5. The minimum Gasteiger partial charge on any atom is -0.482 e. The summed E-state index contributed by atoms with van der Waals surface area (Å²) >= 11 is 1.22. The van der Waals surface area contributed by atoms with Crippen LogP contribution in [-0.2, 0) is 20.6 Å². The van der Waals surface area contributed by atoms with Crippen LogP contribution in [0.2, 0.25) is 0 Å². The van der Waals surface area contributed by atoms with Gasteiger partial charge in [0.05, 0.1) is 17.1 Å². The highest BCUT2D eigenvalue weighted by Gasteiger charge is 2.25. The van der Waals surface area contributed by atoms with Crippen LogP contribution in [-0.4, -0.2) is 32.5 Å². The van der Waals surface area contributed by atoms with E-state index >= 15 is 0 Å². The Bertz CT molecular complexity index is 1220. The van der Waals surface area contributed by atoms with Crippen LogP contribution in [0.4, 0.5) is 10.8 Å². The lowest BCUT2D eigenvalue weighted by Crippen LogP contribution is -2.39. The van der Waals surface area contributed by atoms with Gasteiger partial charge < -0.3 is 9.64 Å². The molecule has 0 atom stereocenters. The maximum atomic E-state index is 12.6. The van der Waals surface area contributed by atoms with Crippen molar-refractivity contribution in [3.8, 4) is 17.0 Å². The van der Waals surface area contributed by atoms with Crippen LogP contribution >= 0.6 is 11.3 Å². The van der Waals surface area contributed by atoms with Crippen LogP contribution in [0.15, 0.2) is 47.8 Å². The first-order valence-electron chi connectivity index (χ1n) is 9.94. The van der Waals surface area contributed by atoms with Crippen LogP contribution in [0.5, 0.6) is 5.75 Å². The van der Waals surface area contributed by atoms with Gasteiger partial charge in [0.15, 0.2) is 11.7 Å². The van der Waals surface area contributed by atoms with Gasteiger partial charge in [-0.05, 0) is 37.1 Å². The first-order chi connectivity index (χ1) is 14.8. The van der Waals surface area contributed by atoms with Crippen molar-refractivity contribution >= 4 is 38.1 Å². The molecule has 1 amide bonds. The molecule has 1 aromatic heterocycles. The van der Waals surface area contributed by atoms with E-state index in [0.29, 0.717) is 28.8 Å². The molecule has 0 saturated heterocycles. The highest BCUT2D eigenvalue weighted by molar-refractivity contribution is 7.92. The fourth-order valence-corrected chi connectivity index (χ4v) is 5.61. The molecule has 7 nitrogen and oxygen atoms in total. The van der Waals surface area contributed by atoms with Gasteiger partial charge >= 0.3 is 0 Å². The van der Waals surface area contributed by atoms with Gasteiger partial charge in [-0.15, -0.1) is 11.3 Å². The Morgan fingerprint density at radius 3 is 2.84 bits per heavy atom. The Morgan fingerprint density at radius 2 is 2.06 bits per heavy atom. The number of nitrogens with zero attached hydrogens (tertiary/aromatic N) is 2. The number of carbonyl (C=O) groups is 1. The zero-order chi connectivity index (χ0) is 22.0. The van der Waals surface area contributed by atoms with Crippen LogP contribution < -0.4 is 14.4 Å². The number of hydrogen-bond donors (Lipinski definition) is 1. The number of fused-ring (bicyclic) bond motifs is 1. The second-order valence-corrected chi connectivity index (χ2v) is 9.99. The number of ether oxygens (including phenoxy) is 1. The summed E-state index contributed by atoms with van der Waals surface area (Å²) in [5.74, 6) is 0.467.